The standard InChI is InChI=1S/C15H28N4O5S2/c1-4-7(2)11(19-13(21)9(16)5-25)14(22)17-8(3)12(20)18-10(6-26)15(23)24/h7-11,25-26H,4-6,16H2,1-3H3,(H,17,22)(H,18,20)(H,19,21)(H,23,24)/t7-,8-,9-,10-,11-/m0/s1. The summed E-state index contributed by atoms with van der Waals surface area (Å²) in [5.74, 6) is -3.13. The minimum Gasteiger partial charge on any atom is -0.480 e. The van der Waals surface area contributed by atoms with Gasteiger partial charge in [-0.05, 0) is 12.8 Å². The smallest absolute Gasteiger partial charge is 0.327 e. The molecule has 3 amide bonds. The Kier molecular flexibility index (Phi) is 11.3. The maximum Gasteiger partial charge on any atom is 0.327 e. The van der Waals surface area contributed by atoms with Crippen LogP contribution in [0.4, 0.5) is 0 Å². The van der Waals surface area contributed by atoms with E-state index in [4.69, 9.17) is 10.8 Å². The summed E-state index contributed by atoms with van der Waals surface area (Å²) in [6.07, 6.45) is 0.607. The van der Waals surface area contributed by atoms with Gasteiger partial charge >= 0.3 is 5.97 Å². The third-order valence-electron chi connectivity index (χ3n) is 3.88. The van der Waals surface area contributed by atoms with Crippen molar-refractivity contribution >= 4 is 48.9 Å². The van der Waals surface area contributed by atoms with Crippen molar-refractivity contribution in [3.63, 3.8) is 0 Å². The van der Waals surface area contributed by atoms with Crippen LogP contribution in [0.25, 0.3) is 0 Å². The molecule has 6 N–H and O–H groups in total. The van der Waals surface area contributed by atoms with Crippen molar-refractivity contribution in [2.24, 2.45) is 11.7 Å². The van der Waals surface area contributed by atoms with Gasteiger partial charge in [0.25, 0.3) is 0 Å². The fourth-order valence-electron chi connectivity index (χ4n) is 1.90. The summed E-state index contributed by atoms with van der Waals surface area (Å²) in [4.78, 5) is 47.5. The van der Waals surface area contributed by atoms with Crippen LogP contribution in [0.3, 0.4) is 0 Å². The minimum atomic E-state index is -1.22. The normalized spacial score (nSPS) is 16.5. The van der Waals surface area contributed by atoms with E-state index in [9.17, 15) is 19.2 Å². The lowest BCUT2D eigenvalue weighted by molar-refractivity contribution is -0.141. The molecule has 150 valence electrons. The van der Waals surface area contributed by atoms with Crippen LogP contribution in [0, 0.1) is 5.92 Å². The topological polar surface area (TPSA) is 151 Å². The van der Waals surface area contributed by atoms with E-state index in [0.29, 0.717) is 6.42 Å². The second-order valence-corrected chi connectivity index (χ2v) is 6.70. The van der Waals surface area contributed by atoms with Crippen LogP contribution in [0.5, 0.6) is 0 Å². The van der Waals surface area contributed by atoms with E-state index >= 15 is 0 Å². The third kappa shape index (κ3) is 7.83. The number of carboxylic acids is 1. The maximum absolute atomic E-state index is 12.5. The minimum absolute atomic E-state index is 0.0884. The molecule has 0 aliphatic rings. The number of nitrogens with one attached hydrogen (secondary N) is 3. The molecule has 11 heteroatoms. The molecule has 0 aromatic heterocycles. The van der Waals surface area contributed by atoms with E-state index in [1.54, 1.807) is 6.92 Å². The average molecular weight is 409 g/mol. The molecular weight excluding hydrogens is 380 g/mol. The summed E-state index contributed by atoms with van der Waals surface area (Å²) < 4.78 is 0. The van der Waals surface area contributed by atoms with Crippen molar-refractivity contribution in [1.82, 2.24) is 16.0 Å². The van der Waals surface area contributed by atoms with Gasteiger partial charge in [0, 0.05) is 11.5 Å². The molecule has 0 fully saturated rings. The van der Waals surface area contributed by atoms with Gasteiger partial charge in [-0.3, -0.25) is 14.4 Å². The second-order valence-electron chi connectivity index (χ2n) is 5.97. The molecule has 0 radical (unpaired) electrons. The van der Waals surface area contributed by atoms with Gasteiger partial charge in [-0.15, -0.1) is 0 Å². The number of carbonyl (C=O) groups excluding carboxylic acids is 3. The molecule has 0 aromatic rings. The van der Waals surface area contributed by atoms with Crippen molar-refractivity contribution in [3.05, 3.63) is 0 Å². The van der Waals surface area contributed by atoms with Gasteiger partial charge in [0.2, 0.25) is 17.7 Å². The number of hydrogen-bond donors (Lipinski definition) is 7. The van der Waals surface area contributed by atoms with Crippen LogP contribution in [0.1, 0.15) is 27.2 Å². The van der Waals surface area contributed by atoms with Crippen molar-refractivity contribution in [2.45, 2.75) is 51.4 Å². The average Bonchev–Trinajstić information content (AvgIpc) is 2.61. The van der Waals surface area contributed by atoms with Crippen LogP contribution in [0.2, 0.25) is 0 Å². The molecule has 0 saturated carbocycles. The Morgan fingerprint density at radius 3 is 1.96 bits per heavy atom. The molecule has 5 atom stereocenters. The van der Waals surface area contributed by atoms with Crippen LogP contribution in [-0.4, -0.2) is 64.5 Å². The zero-order chi connectivity index (χ0) is 20.4. The molecule has 26 heavy (non-hydrogen) atoms. The fourth-order valence-corrected chi connectivity index (χ4v) is 2.31. The lowest BCUT2D eigenvalue weighted by Gasteiger charge is -2.26. The molecular formula is C15H28N4O5S2. The van der Waals surface area contributed by atoms with E-state index in [1.807, 2.05) is 6.92 Å². The van der Waals surface area contributed by atoms with Crippen LogP contribution in [-0.2, 0) is 19.2 Å². The Balaban J connectivity index is 4.99. The van der Waals surface area contributed by atoms with Gasteiger partial charge in [-0.25, -0.2) is 4.79 Å². The first-order valence-electron chi connectivity index (χ1n) is 8.20. The van der Waals surface area contributed by atoms with Gasteiger partial charge in [-0.1, -0.05) is 20.3 Å². The van der Waals surface area contributed by atoms with Crippen molar-refractivity contribution in [1.29, 1.82) is 0 Å². The van der Waals surface area contributed by atoms with Crippen LogP contribution < -0.4 is 21.7 Å². The van der Waals surface area contributed by atoms with Crippen molar-refractivity contribution in [2.75, 3.05) is 11.5 Å². The predicted molar refractivity (Wildman–Crippen MR) is 104 cm³/mol. The van der Waals surface area contributed by atoms with Crippen LogP contribution >= 0.6 is 25.3 Å². The zero-order valence-electron chi connectivity index (χ0n) is 15.1. The number of carbonyl (C=O) groups is 4. The van der Waals surface area contributed by atoms with Gasteiger partial charge in [0.05, 0.1) is 6.04 Å². The molecule has 0 aliphatic heterocycles. The van der Waals surface area contributed by atoms with E-state index in [0.717, 1.165) is 0 Å². The second kappa shape index (κ2) is 12.0. The van der Waals surface area contributed by atoms with Crippen molar-refractivity contribution in [3.8, 4) is 0 Å². The Hall–Kier alpha value is -1.46. The monoisotopic (exact) mass is 408 g/mol. The zero-order valence-corrected chi connectivity index (χ0v) is 16.8. The molecule has 9 nitrogen and oxygen atoms in total. The highest BCUT2D eigenvalue weighted by Gasteiger charge is 2.30. The highest BCUT2D eigenvalue weighted by molar-refractivity contribution is 7.80. The molecule has 0 saturated heterocycles. The largest absolute Gasteiger partial charge is 0.480 e. The molecule has 0 aliphatic carbocycles. The predicted octanol–water partition coefficient (Wildman–Crippen LogP) is -1.22. The van der Waals surface area contributed by atoms with E-state index in [-0.39, 0.29) is 17.4 Å². The summed E-state index contributed by atoms with van der Waals surface area (Å²) in [5.41, 5.74) is 5.61. The van der Waals surface area contributed by atoms with Gasteiger partial charge < -0.3 is 26.8 Å². The van der Waals surface area contributed by atoms with Crippen LogP contribution in [0.15, 0.2) is 0 Å². The third-order valence-corrected chi connectivity index (χ3v) is 4.63. The lowest BCUT2D eigenvalue weighted by atomic mass is 9.97. The quantitative estimate of drug-likeness (QED) is 0.213. The SMILES string of the molecule is CC[C@H](C)[C@H](NC(=O)[C@@H](N)CS)C(=O)N[C@@H](C)C(=O)N[C@@H](CS)C(=O)O. The highest BCUT2D eigenvalue weighted by Crippen LogP contribution is 2.09. The Morgan fingerprint density at radius 2 is 1.54 bits per heavy atom. The van der Waals surface area contributed by atoms with Crippen molar-refractivity contribution < 1.29 is 24.3 Å². The van der Waals surface area contributed by atoms with E-state index < -0.39 is 47.9 Å². The Bertz CT molecular complexity index is 520. The Morgan fingerprint density at radius 1 is 0.962 bits per heavy atom. The van der Waals surface area contributed by atoms with Gasteiger partial charge in [-0.2, -0.15) is 25.3 Å². The Labute approximate surface area is 164 Å². The number of carboxylic acid groups (broad SMARTS) is 1. The maximum atomic E-state index is 12.5. The summed E-state index contributed by atoms with van der Waals surface area (Å²) in [6, 6.07) is -3.89. The molecule has 0 spiro atoms. The first kappa shape index (κ1) is 24.5. The van der Waals surface area contributed by atoms with Gasteiger partial charge in [0.15, 0.2) is 0 Å². The molecule has 0 heterocycles. The first-order valence-corrected chi connectivity index (χ1v) is 9.46. The number of aliphatic carboxylic acids is 1. The van der Waals surface area contributed by atoms with E-state index in [1.165, 1.54) is 6.92 Å². The summed E-state index contributed by atoms with van der Waals surface area (Å²) >= 11 is 7.81. The fraction of sp³-hybridized carbons (Fsp3) is 0.733. The lowest BCUT2D eigenvalue weighted by Crippen LogP contribution is -2.58. The summed E-state index contributed by atoms with van der Waals surface area (Å²) in [6.45, 7) is 5.05. The first-order chi connectivity index (χ1) is 12.1. The molecule has 0 unspecified atom stereocenters. The van der Waals surface area contributed by atoms with Gasteiger partial charge in [0.1, 0.15) is 18.1 Å². The van der Waals surface area contributed by atoms with E-state index in [2.05, 4.69) is 41.2 Å². The number of hydrogen-bond acceptors (Lipinski definition) is 7. The molecule has 0 aromatic carbocycles. The number of nitrogens with two attached hydrogens (primary N) is 1. The number of thiol groups is 2. The molecule has 0 rings (SSSR count). The number of amides is 3. The summed E-state index contributed by atoms with van der Waals surface area (Å²) in [7, 11) is 0. The molecule has 0 bridgehead atoms. The highest BCUT2D eigenvalue weighted by atomic mass is 32.1. The summed E-state index contributed by atoms with van der Waals surface area (Å²) in [5, 5.41) is 16.3. The number of rotatable bonds is 11.